The third-order valence-corrected chi connectivity index (χ3v) is 4.31. The molecule has 0 bridgehead atoms. The van der Waals surface area contributed by atoms with Crippen molar-refractivity contribution in [1.82, 2.24) is 5.32 Å². The highest BCUT2D eigenvalue weighted by Crippen LogP contribution is 2.41. The summed E-state index contributed by atoms with van der Waals surface area (Å²) in [5, 5.41) is 13.1. The lowest BCUT2D eigenvalue weighted by molar-refractivity contribution is -0.267. The zero-order valence-electron chi connectivity index (χ0n) is 17.1. The Balaban J connectivity index is 3.51. The van der Waals surface area contributed by atoms with E-state index in [1.165, 1.54) is 19.2 Å². The number of alkyl halides is 7. The summed E-state index contributed by atoms with van der Waals surface area (Å²) in [6, 6.07) is 2.19. The molecule has 0 aromatic heterocycles. The van der Waals surface area contributed by atoms with Crippen molar-refractivity contribution in [3.05, 3.63) is 29.8 Å². The van der Waals surface area contributed by atoms with Crippen LogP contribution in [0.5, 0.6) is 0 Å². The second kappa shape index (κ2) is 10.5. The Labute approximate surface area is 188 Å². The smallest absolute Gasteiger partial charge is 0.441 e. The topological polar surface area (TPSA) is 114 Å². The van der Waals surface area contributed by atoms with Crippen LogP contribution in [-0.4, -0.2) is 60.1 Å². The third kappa shape index (κ3) is 5.79. The summed E-state index contributed by atoms with van der Waals surface area (Å²) < 4.78 is 90.6. The van der Waals surface area contributed by atoms with Gasteiger partial charge < -0.3 is 25.2 Å². The number of rotatable bonds is 9. The predicted octanol–water partition coefficient (Wildman–Crippen LogP) is 2.59. The van der Waals surface area contributed by atoms with Crippen LogP contribution in [0.2, 0.25) is 0 Å². The van der Waals surface area contributed by atoms with E-state index in [4.69, 9.17) is 11.6 Å². The van der Waals surface area contributed by atoms with Crippen LogP contribution in [0.15, 0.2) is 24.3 Å². The molecule has 0 unspecified atom stereocenters. The molecule has 0 heterocycles. The van der Waals surface area contributed by atoms with Crippen molar-refractivity contribution in [2.45, 2.75) is 37.5 Å². The molecule has 3 N–H and O–H groups in total. The molecule has 2 atom stereocenters. The fourth-order valence-corrected chi connectivity index (χ4v) is 2.58. The number of carbonyl (C=O) groups is 3. The lowest BCUT2D eigenvalue weighted by atomic mass is 9.92. The normalized spacial score (nSPS) is 15.6. The van der Waals surface area contributed by atoms with E-state index in [9.17, 15) is 45.8 Å². The number of aliphatic hydroxyl groups is 1. The van der Waals surface area contributed by atoms with Gasteiger partial charge in [-0.15, -0.1) is 11.6 Å². The zero-order valence-corrected chi connectivity index (χ0v) is 17.8. The number of amides is 1. The SMILES string of the molecule is CCOC(=O)[C@@](NC(=O)CCl)(Nc1ccc([C@](O)(C(=O)OCC)C(F)(F)F)cc1)C(F)(F)F. The molecular formula is C18H19ClF6N2O6. The summed E-state index contributed by atoms with van der Waals surface area (Å²) in [6.07, 6.45) is -11.0. The Hall–Kier alpha value is -2.74. The molecule has 0 spiro atoms. The number of hydrogen-bond acceptors (Lipinski definition) is 7. The van der Waals surface area contributed by atoms with Gasteiger partial charge in [0.2, 0.25) is 5.91 Å². The molecular weight excluding hydrogens is 490 g/mol. The number of halogens is 7. The van der Waals surface area contributed by atoms with Crippen molar-refractivity contribution in [3.63, 3.8) is 0 Å². The van der Waals surface area contributed by atoms with Crippen molar-refractivity contribution >= 4 is 35.1 Å². The molecule has 0 saturated heterocycles. The number of nitrogens with one attached hydrogen (secondary N) is 2. The second-order valence-corrected chi connectivity index (χ2v) is 6.55. The molecule has 1 rings (SSSR count). The number of anilines is 1. The van der Waals surface area contributed by atoms with Crippen molar-refractivity contribution in [1.29, 1.82) is 0 Å². The summed E-state index contributed by atoms with van der Waals surface area (Å²) in [6.45, 7) is 1.39. The van der Waals surface area contributed by atoms with E-state index < -0.39 is 71.8 Å². The maximum Gasteiger partial charge on any atom is 0.441 e. The zero-order chi connectivity index (χ0) is 25.7. The predicted molar refractivity (Wildman–Crippen MR) is 101 cm³/mol. The molecule has 0 fully saturated rings. The molecule has 186 valence electrons. The number of ether oxygens (including phenoxy) is 2. The maximum absolute atomic E-state index is 13.9. The summed E-state index contributed by atoms with van der Waals surface area (Å²) in [7, 11) is 0. The molecule has 15 heteroatoms. The van der Waals surface area contributed by atoms with Gasteiger partial charge in [0, 0.05) is 11.3 Å². The van der Waals surface area contributed by atoms with Crippen LogP contribution in [0, 0.1) is 0 Å². The van der Waals surface area contributed by atoms with Crippen molar-refractivity contribution in [2.24, 2.45) is 0 Å². The third-order valence-electron chi connectivity index (χ3n) is 4.07. The first-order valence-corrected chi connectivity index (χ1v) is 9.60. The standard InChI is InChI=1S/C18H19ClF6N2O6/c1-3-32-13(29)15(31,17(20,21)22)10-5-7-11(8-6-10)26-16(18(23,24)25,14(30)33-4-2)27-12(28)9-19/h5-8,26,31H,3-4,9H2,1-2H3,(H,27,28)/t15-,16-/m0/s1. The first-order valence-electron chi connectivity index (χ1n) is 9.06. The van der Waals surface area contributed by atoms with E-state index in [0.717, 1.165) is 0 Å². The first kappa shape index (κ1) is 28.3. The molecule has 0 aliphatic carbocycles. The maximum atomic E-state index is 13.9. The van der Waals surface area contributed by atoms with Gasteiger partial charge in [-0.1, -0.05) is 12.1 Å². The van der Waals surface area contributed by atoms with Gasteiger partial charge in [0.25, 0.3) is 5.60 Å². The van der Waals surface area contributed by atoms with Gasteiger partial charge in [0.15, 0.2) is 0 Å². The van der Waals surface area contributed by atoms with E-state index in [2.05, 4.69) is 9.47 Å². The number of hydrogen-bond donors (Lipinski definition) is 3. The van der Waals surface area contributed by atoms with E-state index in [1.807, 2.05) is 0 Å². The average molecular weight is 509 g/mol. The lowest BCUT2D eigenvalue weighted by Gasteiger charge is -2.35. The summed E-state index contributed by atoms with van der Waals surface area (Å²) in [5.74, 6) is -6.40. The number of benzene rings is 1. The quantitative estimate of drug-likeness (QED) is 0.203. The van der Waals surface area contributed by atoms with Crippen molar-refractivity contribution in [2.75, 3.05) is 24.4 Å². The molecule has 1 aromatic rings. The average Bonchev–Trinajstić information content (AvgIpc) is 2.71. The minimum atomic E-state index is -5.54. The number of carbonyl (C=O) groups excluding carboxylic acids is 3. The van der Waals surface area contributed by atoms with E-state index in [-0.39, 0.29) is 0 Å². The van der Waals surface area contributed by atoms with E-state index in [1.54, 1.807) is 5.32 Å². The van der Waals surface area contributed by atoms with Gasteiger partial charge in [-0.2, -0.15) is 26.3 Å². The fraction of sp³-hybridized carbons (Fsp3) is 0.500. The van der Waals surface area contributed by atoms with Crippen molar-refractivity contribution in [3.8, 4) is 0 Å². The van der Waals surface area contributed by atoms with E-state index >= 15 is 0 Å². The van der Waals surface area contributed by atoms with Crippen molar-refractivity contribution < 1.29 is 55.3 Å². The van der Waals surface area contributed by atoms with Crippen LogP contribution < -0.4 is 10.6 Å². The molecule has 33 heavy (non-hydrogen) atoms. The van der Waals surface area contributed by atoms with Gasteiger partial charge in [-0.3, -0.25) is 4.79 Å². The molecule has 0 aliphatic rings. The monoisotopic (exact) mass is 508 g/mol. The Morgan fingerprint density at radius 2 is 1.39 bits per heavy atom. The Bertz CT molecular complexity index is 863. The number of esters is 2. The van der Waals surface area contributed by atoms with Gasteiger partial charge >= 0.3 is 30.0 Å². The van der Waals surface area contributed by atoms with Gasteiger partial charge in [-0.05, 0) is 26.0 Å². The molecule has 1 aromatic carbocycles. The molecule has 0 saturated carbocycles. The molecule has 0 radical (unpaired) electrons. The minimum absolute atomic E-state index is 0.488. The van der Waals surface area contributed by atoms with Crippen LogP contribution in [-0.2, 0) is 29.5 Å². The fourth-order valence-electron chi connectivity index (χ4n) is 2.52. The van der Waals surface area contributed by atoms with E-state index in [0.29, 0.717) is 24.3 Å². The molecule has 8 nitrogen and oxygen atoms in total. The van der Waals surface area contributed by atoms with Crippen LogP contribution >= 0.6 is 11.6 Å². The van der Waals surface area contributed by atoms with Crippen LogP contribution in [0.25, 0.3) is 0 Å². The minimum Gasteiger partial charge on any atom is -0.463 e. The van der Waals surface area contributed by atoms with Gasteiger partial charge in [-0.25, -0.2) is 9.59 Å². The van der Waals surface area contributed by atoms with Crippen LogP contribution in [0.3, 0.4) is 0 Å². The summed E-state index contributed by atoms with van der Waals surface area (Å²) in [4.78, 5) is 35.6. The van der Waals surface area contributed by atoms with Crippen LogP contribution in [0.4, 0.5) is 32.0 Å². The molecule has 0 aliphatic heterocycles. The first-order chi connectivity index (χ1) is 15.1. The highest BCUT2D eigenvalue weighted by Gasteiger charge is 2.64. The highest BCUT2D eigenvalue weighted by atomic mass is 35.5. The van der Waals surface area contributed by atoms with Gasteiger partial charge in [0.1, 0.15) is 5.88 Å². The Kier molecular flexibility index (Phi) is 8.97. The Morgan fingerprint density at radius 3 is 1.79 bits per heavy atom. The lowest BCUT2D eigenvalue weighted by Crippen LogP contribution is -2.69. The second-order valence-electron chi connectivity index (χ2n) is 6.28. The largest absolute Gasteiger partial charge is 0.463 e. The molecule has 1 amide bonds. The Morgan fingerprint density at radius 1 is 0.909 bits per heavy atom. The van der Waals surface area contributed by atoms with Gasteiger partial charge in [0.05, 0.1) is 13.2 Å². The highest BCUT2D eigenvalue weighted by molar-refractivity contribution is 6.27. The summed E-state index contributed by atoms with van der Waals surface area (Å²) in [5.41, 5.74) is -9.67. The summed E-state index contributed by atoms with van der Waals surface area (Å²) >= 11 is 5.22. The van der Waals surface area contributed by atoms with Crippen LogP contribution in [0.1, 0.15) is 19.4 Å².